The number of hydrogen-bond acceptors (Lipinski definition) is 9. The quantitative estimate of drug-likeness (QED) is 0.524. The molecule has 10 nitrogen and oxygen atoms in total. The molecule has 0 spiro atoms. The van der Waals surface area contributed by atoms with Crippen LogP contribution in [-0.2, 0) is 27.8 Å². The molecule has 1 amide bonds. The molecule has 1 aliphatic rings. The van der Waals surface area contributed by atoms with Crippen LogP contribution >= 0.6 is 11.3 Å². The van der Waals surface area contributed by atoms with Gasteiger partial charge in [0.2, 0.25) is 5.95 Å². The maximum atomic E-state index is 13.0. The number of hydrogen-bond donors (Lipinski definition) is 3. The molecule has 1 aliphatic carbocycles. The predicted molar refractivity (Wildman–Crippen MR) is 111 cm³/mol. The summed E-state index contributed by atoms with van der Waals surface area (Å²) in [7, 11) is 0. The Morgan fingerprint density at radius 1 is 1.33 bits per heavy atom. The minimum atomic E-state index is -0.386. The number of nitrogens with zero attached hydrogens (tertiary/aromatic N) is 4. The Morgan fingerprint density at radius 2 is 2.13 bits per heavy atom. The SMILES string of the molecule is CCOC(=O)Cc1cnc(NC(=O)c2n[nH]c3c2C(C)(C)Cc2cnc(N)nc2-3)s1. The Kier molecular flexibility index (Phi) is 4.98. The van der Waals surface area contributed by atoms with Crippen LogP contribution in [-0.4, -0.2) is 43.6 Å². The number of anilines is 2. The van der Waals surface area contributed by atoms with Crippen LogP contribution in [0.25, 0.3) is 11.4 Å². The summed E-state index contributed by atoms with van der Waals surface area (Å²) < 4.78 is 4.94. The summed E-state index contributed by atoms with van der Waals surface area (Å²) in [5.41, 5.74) is 8.72. The third kappa shape index (κ3) is 3.63. The van der Waals surface area contributed by atoms with Crippen molar-refractivity contribution in [3.8, 4) is 11.4 Å². The van der Waals surface area contributed by atoms with Crippen LogP contribution in [0.3, 0.4) is 0 Å². The minimum Gasteiger partial charge on any atom is -0.466 e. The van der Waals surface area contributed by atoms with Crippen LogP contribution in [0.2, 0.25) is 0 Å². The van der Waals surface area contributed by atoms with E-state index in [1.807, 2.05) is 13.8 Å². The topological polar surface area (TPSA) is 149 Å². The molecule has 30 heavy (non-hydrogen) atoms. The number of carbonyl (C=O) groups is 2. The Hall–Kier alpha value is -3.34. The Labute approximate surface area is 176 Å². The number of esters is 1. The molecule has 0 saturated heterocycles. The smallest absolute Gasteiger partial charge is 0.311 e. The second-order valence-corrected chi connectivity index (χ2v) is 8.67. The molecule has 3 aromatic rings. The minimum absolute atomic E-state index is 0.115. The fraction of sp³-hybridized carbons (Fsp3) is 0.368. The lowest BCUT2D eigenvalue weighted by Crippen LogP contribution is -2.29. The average Bonchev–Trinajstić information content (AvgIpc) is 3.30. The third-order valence-corrected chi connectivity index (χ3v) is 5.72. The van der Waals surface area contributed by atoms with Crippen molar-refractivity contribution >= 4 is 34.3 Å². The van der Waals surface area contributed by atoms with Gasteiger partial charge in [-0.2, -0.15) is 5.10 Å². The lowest BCUT2D eigenvalue weighted by atomic mass is 9.73. The summed E-state index contributed by atoms with van der Waals surface area (Å²) in [5.74, 6) is -0.554. The molecule has 0 aromatic carbocycles. The molecule has 3 aromatic heterocycles. The molecular weight excluding hydrogens is 406 g/mol. The lowest BCUT2D eigenvalue weighted by molar-refractivity contribution is -0.142. The van der Waals surface area contributed by atoms with E-state index in [1.54, 1.807) is 19.3 Å². The molecule has 156 valence electrons. The molecular formula is C19H21N7O3S. The van der Waals surface area contributed by atoms with E-state index in [9.17, 15) is 9.59 Å². The monoisotopic (exact) mass is 427 g/mol. The van der Waals surface area contributed by atoms with Crippen molar-refractivity contribution < 1.29 is 14.3 Å². The highest BCUT2D eigenvalue weighted by Gasteiger charge is 2.38. The van der Waals surface area contributed by atoms with Crippen molar-refractivity contribution in [3.05, 3.63) is 34.1 Å². The normalized spacial score (nSPS) is 14.0. The number of nitrogens with two attached hydrogens (primary N) is 1. The van der Waals surface area contributed by atoms with E-state index in [1.165, 1.54) is 11.3 Å². The Morgan fingerprint density at radius 3 is 2.90 bits per heavy atom. The molecule has 0 radical (unpaired) electrons. The zero-order valence-corrected chi connectivity index (χ0v) is 17.6. The van der Waals surface area contributed by atoms with Gasteiger partial charge in [0.1, 0.15) is 0 Å². The predicted octanol–water partition coefficient (Wildman–Crippen LogP) is 2.10. The fourth-order valence-electron chi connectivity index (χ4n) is 3.62. The van der Waals surface area contributed by atoms with E-state index < -0.39 is 0 Å². The fourth-order valence-corrected chi connectivity index (χ4v) is 4.42. The average molecular weight is 427 g/mol. The number of rotatable bonds is 5. The molecule has 0 unspecified atom stereocenters. The Balaban J connectivity index is 1.60. The first-order chi connectivity index (χ1) is 14.3. The van der Waals surface area contributed by atoms with Gasteiger partial charge in [-0.25, -0.2) is 15.0 Å². The van der Waals surface area contributed by atoms with Gasteiger partial charge in [0.25, 0.3) is 5.91 Å². The van der Waals surface area contributed by atoms with Gasteiger partial charge < -0.3 is 10.5 Å². The number of amides is 1. The van der Waals surface area contributed by atoms with Crippen molar-refractivity contribution in [2.45, 2.75) is 39.0 Å². The number of aromatic amines is 1. The molecule has 3 heterocycles. The first kappa shape index (κ1) is 20.0. The number of aromatic nitrogens is 5. The van der Waals surface area contributed by atoms with Crippen molar-refractivity contribution in [3.63, 3.8) is 0 Å². The lowest BCUT2D eigenvalue weighted by Gasteiger charge is -2.31. The molecule has 11 heteroatoms. The molecule has 0 atom stereocenters. The van der Waals surface area contributed by atoms with Crippen molar-refractivity contribution in [1.82, 2.24) is 25.1 Å². The maximum absolute atomic E-state index is 13.0. The third-order valence-electron chi connectivity index (χ3n) is 4.81. The van der Waals surface area contributed by atoms with Gasteiger partial charge in [0, 0.05) is 22.8 Å². The summed E-state index contributed by atoms with van der Waals surface area (Å²) in [4.78, 5) is 37.9. The molecule has 0 bridgehead atoms. The summed E-state index contributed by atoms with van der Waals surface area (Å²) >= 11 is 1.22. The summed E-state index contributed by atoms with van der Waals surface area (Å²) in [6.07, 6.45) is 4.03. The van der Waals surface area contributed by atoms with Gasteiger partial charge >= 0.3 is 5.97 Å². The number of carbonyl (C=O) groups excluding carboxylic acids is 2. The van der Waals surface area contributed by atoms with Gasteiger partial charge in [-0.15, -0.1) is 11.3 Å². The standard InChI is InChI=1S/C19H21N7O3S/c1-4-29-11(27)5-10-8-22-18(30-10)24-16(28)15-12-14(25-26-15)13-9(6-19(12,2)3)7-21-17(20)23-13/h7-8H,4-6H2,1-3H3,(H,25,26)(H2,20,21,23)(H,22,24,28). The van der Waals surface area contributed by atoms with Gasteiger partial charge in [0.05, 0.1) is 24.4 Å². The highest BCUT2D eigenvalue weighted by Crippen LogP contribution is 2.42. The van der Waals surface area contributed by atoms with E-state index in [-0.39, 0.29) is 35.4 Å². The molecule has 0 aliphatic heterocycles. The molecule has 0 saturated carbocycles. The number of nitrogen functional groups attached to an aromatic ring is 1. The van der Waals surface area contributed by atoms with Gasteiger partial charge in [-0.05, 0) is 24.3 Å². The van der Waals surface area contributed by atoms with E-state index in [0.717, 1.165) is 11.1 Å². The first-order valence-electron chi connectivity index (χ1n) is 9.40. The van der Waals surface area contributed by atoms with Crippen LogP contribution in [0.5, 0.6) is 0 Å². The Bertz CT molecular complexity index is 1140. The van der Waals surface area contributed by atoms with Crippen LogP contribution in [0.15, 0.2) is 12.4 Å². The highest BCUT2D eigenvalue weighted by atomic mass is 32.1. The van der Waals surface area contributed by atoms with Crippen molar-refractivity contribution in [2.75, 3.05) is 17.7 Å². The van der Waals surface area contributed by atoms with E-state index in [4.69, 9.17) is 10.5 Å². The van der Waals surface area contributed by atoms with Crippen LogP contribution in [0.4, 0.5) is 11.1 Å². The number of ether oxygens (including phenoxy) is 1. The van der Waals surface area contributed by atoms with E-state index in [2.05, 4.69) is 30.5 Å². The van der Waals surface area contributed by atoms with Gasteiger partial charge in [0.15, 0.2) is 10.8 Å². The number of fused-ring (bicyclic) bond motifs is 3. The van der Waals surface area contributed by atoms with Crippen molar-refractivity contribution in [2.24, 2.45) is 0 Å². The number of H-pyrrole nitrogens is 1. The first-order valence-corrected chi connectivity index (χ1v) is 10.2. The second-order valence-electron chi connectivity index (χ2n) is 7.55. The van der Waals surface area contributed by atoms with Crippen LogP contribution < -0.4 is 11.1 Å². The molecule has 4 N–H and O–H groups in total. The van der Waals surface area contributed by atoms with Crippen LogP contribution in [0, 0.1) is 0 Å². The summed E-state index contributed by atoms with van der Waals surface area (Å²) in [6.45, 7) is 6.15. The summed E-state index contributed by atoms with van der Waals surface area (Å²) in [6, 6.07) is 0. The highest BCUT2D eigenvalue weighted by molar-refractivity contribution is 7.15. The zero-order valence-electron chi connectivity index (χ0n) is 16.8. The van der Waals surface area contributed by atoms with Crippen LogP contribution in [0.1, 0.15) is 47.3 Å². The van der Waals surface area contributed by atoms with E-state index in [0.29, 0.717) is 34.4 Å². The maximum Gasteiger partial charge on any atom is 0.311 e. The largest absolute Gasteiger partial charge is 0.466 e. The van der Waals surface area contributed by atoms with Gasteiger partial charge in [-0.3, -0.25) is 20.0 Å². The molecule has 4 rings (SSSR count). The van der Waals surface area contributed by atoms with Gasteiger partial charge in [-0.1, -0.05) is 13.8 Å². The molecule has 0 fully saturated rings. The second kappa shape index (κ2) is 7.48. The van der Waals surface area contributed by atoms with Crippen molar-refractivity contribution in [1.29, 1.82) is 0 Å². The number of thiazole rings is 1. The zero-order chi connectivity index (χ0) is 21.5. The number of nitrogens with one attached hydrogen (secondary N) is 2. The van der Waals surface area contributed by atoms with E-state index >= 15 is 0 Å². The summed E-state index contributed by atoms with van der Waals surface area (Å²) in [5, 5.41) is 10.4.